The molecule has 1 rings (SSSR count). The van der Waals surface area contributed by atoms with Gasteiger partial charge in [-0.1, -0.05) is 0 Å². The largest absolute Gasteiger partial charge is 1.00 e. The third kappa shape index (κ3) is 2.48. The molecule has 0 radical (unpaired) electrons. The Morgan fingerprint density at radius 2 is 2.08 bits per heavy atom. The van der Waals surface area contributed by atoms with E-state index >= 15 is 0 Å². The van der Waals surface area contributed by atoms with Crippen molar-refractivity contribution in [2.24, 2.45) is 7.05 Å². The number of hydrogen-bond acceptors (Lipinski definition) is 3. The minimum absolute atomic E-state index is 0. The number of hydrogen-bond donors (Lipinski definition) is 0. The number of carboxylic acids is 1. The normalized spacial score (nSPS) is 8.75. The third-order valence-corrected chi connectivity index (χ3v) is 1.32. The molecule has 4 nitrogen and oxygen atoms in total. The van der Waals surface area contributed by atoms with Gasteiger partial charge in [0.1, 0.15) is 0 Å². The van der Waals surface area contributed by atoms with Crippen LogP contribution in [0.5, 0.6) is 0 Å². The summed E-state index contributed by atoms with van der Waals surface area (Å²) in [6.07, 6.45) is 1.22. The predicted octanol–water partition coefficient (Wildman–Crippen LogP) is -4.25. The molecule has 0 aliphatic carbocycles. The molecule has 12 heavy (non-hydrogen) atoms. The first-order valence-corrected chi connectivity index (χ1v) is 2.99. The van der Waals surface area contributed by atoms with E-state index in [2.05, 4.69) is 0 Å². The van der Waals surface area contributed by atoms with Crippen LogP contribution in [-0.4, -0.2) is 10.5 Å². The number of aromatic carboxylic acids is 1. The summed E-state index contributed by atoms with van der Waals surface area (Å²) in [5.41, 5.74) is -0.234. The molecule has 0 bridgehead atoms. The zero-order valence-corrected chi connectivity index (χ0v) is 8.90. The van der Waals surface area contributed by atoms with Crippen molar-refractivity contribution in [1.29, 1.82) is 0 Å². The Morgan fingerprint density at radius 3 is 2.50 bits per heavy atom. The van der Waals surface area contributed by atoms with Crippen LogP contribution < -0.4 is 40.2 Å². The molecule has 0 atom stereocenters. The molecule has 1 heterocycles. The molecule has 0 aliphatic rings. The van der Waals surface area contributed by atoms with Crippen LogP contribution in [0.3, 0.4) is 0 Å². The average Bonchev–Trinajstić information content (AvgIpc) is 1.94. The fourth-order valence-electron chi connectivity index (χ4n) is 0.715. The van der Waals surface area contributed by atoms with Crippen molar-refractivity contribution < 1.29 is 39.5 Å². The molecule has 58 valence electrons. The minimum Gasteiger partial charge on any atom is -0.545 e. The Labute approximate surface area is 91.1 Å². The van der Waals surface area contributed by atoms with E-state index < -0.39 is 5.97 Å². The van der Waals surface area contributed by atoms with Crippen LogP contribution >= 0.6 is 0 Å². The number of nitrogens with zero attached hydrogens (tertiary/aromatic N) is 1. The van der Waals surface area contributed by atoms with Crippen LogP contribution in [0.1, 0.15) is 10.4 Å². The van der Waals surface area contributed by atoms with Crippen molar-refractivity contribution in [3.8, 4) is 0 Å². The van der Waals surface area contributed by atoms with Crippen molar-refractivity contribution in [2.45, 2.75) is 0 Å². The number of carbonyl (C=O) groups is 1. The smallest absolute Gasteiger partial charge is 0.545 e. The van der Waals surface area contributed by atoms with Gasteiger partial charge in [-0.3, -0.25) is 4.79 Å². The van der Waals surface area contributed by atoms with Gasteiger partial charge in [-0.25, -0.2) is 0 Å². The summed E-state index contributed by atoms with van der Waals surface area (Å²) in [7, 11) is 1.48. The van der Waals surface area contributed by atoms with Gasteiger partial charge < -0.3 is 14.5 Å². The molecule has 0 saturated heterocycles. The average molecular weight is 175 g/mol. The summed E-state index contributed by atoms with van der Waals surface area (Å²) in [4.78, 5) is 21.0. The maximum Gasteiger partial charge on any atom is 1.00 e. The molecule has 5 heteroatoms. The van der Waals surface area contributed by atoms with Crippen LogP contribution in [0.25, 0.3) is 0 Å². The molecule has 0 aromatic carbocycles. The second-order valence-electron chi connectivity index (χ2n) is 2.15. The van der Waals surface area contributed by atoms with E-state index in [1.54, 1.807) is 0 Å². The number of aromatic nitrogens is 1. The molecule has 0 spiro atoms. The molecule has 0 aliphatic heterocycles. The maximum atomic E-state index is 10.7. The van der Waals surface area contributed by atoms with Gasteiger partial charge >= 0.3 is 29.6 Å². The van der Waals surface area contributed by atoms with Gasteiger partial charge in [-0.05, 0) is 6.07 Å². The number of carbonyl (C=O) groups excluding carboxylic acids is 1. The summed E-state index contributed by atoms with van der Waals surface area (Å²) in [6.45, 7) is 0. The topological polar surface area (TPSA) is 62.1 Å². The first-order chi connectivity index (χ1) is 5.11. The predicted molar refractivity (Wildman–Crippen MR) is 36.0 cm³/mol. The van der Waals surface area contributed by atoms with Gasteiger partial charge in [0.25, 0.3) is 0 Å². The van der Waals surface area contributed by atoms with E-state index in [-0.39, 0.29) is 40.7 Å². The van der Waals surface area contributed by atoms with E-state index in [9.17, 15) is 14.7 Å². The fourth-order valence-corrected chi connectivity index (χ4v) is 0.715. The molecular formula is C7H6NNaO3. The van der Waals surface area contributed by atoms with Crippen LogP contribution in [0.2, 0.25) is 0 Å². The molecule has 0 unspecified atom stereocenters. The quantitative estimate of drug-likeness (QED) is 0.406. The van der Waals surface area contributed by atoms with Gasteiger partial charge in [-0.2, -0.15) is 0 Å². The van der Waals surface area contributed by atoms with Crippen molar-refractivity contribution in [3.05, 3.63) is 34.2 Å². The zero-order valence-electron chi connectivity index (χ0n) is 6.90. The van der Waals surface area contributed by atoms with E-state index in [0.717, 1.165) is 0 Å². The van der Waals surface area contributed by atoms with E-state index in [1.165, 1.54) is 29.9 Å². The van der Waals surface area contributed by atoms with Crippen LogP contribution in [0, 0.1) is 0 Å². The number of pyridine rings is 1. The number of carboxylic acid groups (broad SMARTS) is 1. The van der Waals surface area contributed by atoms with E-state index in [4.69, 9.17) is 0 Å². The van der Waals surface area contributed by atoms with Crippen molar-refractivity contribution >= 4 is 5.97 Å². The van der Waals surface area contributed by atoms with E-state index in [0.29, 0.717) is 0 Å². The molecule has 0 amide bonds. The van der Waals surface area contributed by atoms with Crippen molar-refractivity contribution in [2.75, 3.05) is 0 Å². The van der Waals surface area contributed by atoms with Crippen molar-refractivity contribution in [3.63, 3.8) is 0 Å². The van der Waals surface area contributed by atoms with Gasteiger partial charge in [0.05, 0.1) is 5.97 Å². The van der Waals surface area contributed by atoms with Gasteiger partial charge in [0.2, 0.25) is 5.56 Å². The summed E-state index contributed by atoms with van der Waals surface area (Å²) >= 11 is 0. The van der Waals surface area contributed by atoms with E-state index in [1.807, 2.05) is 0 Å². The Bertz CT molecular complexity index is 345. The summed E-state index contributed by atoms with van der Waals surface area (Å²) < 4.78 is 1.19. The molecule has 1 aromatic heterocycles. The van der Waals surface area contributed by atoms with Crippen LogP contribution in [0.4, 0.5) is 0 Å². The molecule has 0 saturated carbocycles. The Balaban J connectivity index is 0.00000121. The third-order valence-electron chi connectivity index (χ3n) is 1.32. The summed E-state index contributed by atoms with van der Waals surface area (Å²) in [5.74, 6) is -1.28. The second kappa shape index (κ2) is 4.45. The first kappa shape index (κ1) is 11.4. The molecule has 1 aromatic rings. The fraction of sp³-hybridized carbons (Fsp3) is 0.143. The van der Waals surface area contributed by atoms with Gasteiger partial charge in [0, 0.05) is 24.9 Å². The summed E-state index contributed by atoms with van der Waals surface area (Å²) in [5, 5.41) is 10.2. The van der Waals surface area contributed by atoms with Gasteiger partial charge in [0.15, 0.2) is 0 Å². The van der Waals surface area contributed by atoms with Crippen LogP contribution in [-0.2, 0) is 7.05 Å². The van der Waals surface area contributed by atoms with Crippen molar-refractivity contribution in [1.82, 2.24) is 4.57 Å². The number of aryl methyl sites for hydroxylation is 1. The van der Waals surface area contributed by atoms with Crippen LogP contribution in [0.15, 0.2) is 23.1 Å². The molecular weight excluding hydrogens is 169 g/mol. The molecule has 0 fully saturated rings. The SMILES string of the molecule is Cn1cc(C(=O)[O-])ccc1=O.[Na+]. The Kier molecular flexibility index (Phi) is 4.23. The Morgan fingerprint density at radius 1 is 1.50 bits per heavy atom. The molecule has 0 N–H and O–H groups in total. The first-order valence-electron chi connectivity index (χ1n) is 2.99. The monoisotopic (exact) mass is 175 g/mol. The Hall–Kier alpha value is -0.580. The second-order valence-corrected chi connectivity index (χ2v) is 2.15. The summed E-state index contributed by atoms with van der Waals surface area (Å²) in [6, 6.07) is 2.41. The standard InChI is InChI=1S/C7H7NO3.Na/c1-8-4-5(7(10)11)2-3-6(8)9;/h2-4H,1H3,(H,10,11);/q;+1/p-1. The minimum atomic E-state index is -1.28. The zero-order chi connectivity index (χ0) is 8.43. The maximum absolute atomic E-state index is 10.7. The van der Waals surface area contributed by atoms with Gasteiger partial charge in [-0.15, -0.1) is 0 Å². The number of rotatable bonds is 1.